The van der Waals surface area contributed by atoms with Crippen LogP contribution in [0.4, 0.5) is 8.78 Å². The molecule has 1 aliphatic carbocycles. The van der Waals surface area contributed by atoms with Gasteiger partial charge in [0.1, 0.15) is 11.6 Å². The highest BCUT2D eigenvalue weighted by Gasteiger charge is 2.50. The van der Waals surface area contributed by atoms with E-state index in [4.69, 9.17) is 5.73 Å². The molecular weight excluding hydrogens is 172 g/mol. The van der Waals surface area contributed by atoms with Crippen LogP contribution in [-0.2, 0) is 5.41 Å². The highest BCUT2D eigenvalue weighted by Crippen LogP contribution is 2.47. The molecule has 0 amide bonds. The summed E-state index contributed by atoms with van der Waals surface area (Å²) < 4.78 is 25.8. The largest absolute Gasteiger partial charge is 0.327 e. The molecule has 0 spiro atoms. The van der Waals surface area contributed by atoms with Crippen molar-refractivity contribution in [3.05, 3.63) is 35.4 Å². The van der Waals surface area contributed by atoms with Gasteiger partial charge in [0.15, 0.2) is 0 Å². The molecule has 1 fully saturated rings. The van der Waals surface area contributed by atoms with Crippen LogP contribution in [0.3, 0.4) is 0 Å². The number of benzene rings is 1. The molecule has 0 radical (unpaired) electrons. The van der Waals surface area contributed by atoms with Gasteiger partial charge in [0.05, 0.1) is 0 Å². The zero-order valence-electron chi connectivity index (χ0n) is 7.35. The second-order valence-corrected chi connectivity index (χ2v) is 3.85. The van der Waals surface area contributed by atoms with E-state index in [2.05, 4.69) is 0 Å². The summed E-state index contributed by atoms with van der Waals surface area (Å²) in [4.78, 5) is 0. The minimum atomic E-state index is -0.543. The molecule has 2 rings (SSSR count). The van der Waals surface area contributed by atoms with Crippen LogP contribution in [0.2, 0.25) is 0 Å². The molecule has 1 nitrogen and oxygen atoms in total. The molecule has 3 heteroatoms. The Bertz CT molecular complexity index is 351. The van der Waals surface area contributed by atoms with E-state index in [0.29, 0.717) is 5.56 Å². The van der Waals surface area contributed by atoms with Gasteiger partial charge in [-0.1, -0.05) is 13.0 Å². The Labute approximate surface area is 75.6 Å². The van der Waals surface area contributed by atoms with Crippen molar-refractivity contribution < 1.29 is 8.78 Å². The zero-order valence-corrected chi connectivity index (χ0v) is 7.35. The number of rotatable bonds is 1. The molecule has 0 bridgehead atoms. The Morgan fingerprint density at radius 2 is 2.08 bits per heavy atom. The molecule has 0 saturated heterocycles. The molecule has 1 aromatic carbocycles. The van der Waals surface area contributed by atoms with Crippen LogP contribution in [0.25, 0.3) is 0 Å². The van der Waals surface area contributed by atoms with Gasteiger partial charge in [0, 0.05) is 17.5 Å². The second kappa shape index (κ2) is 2.51. The third-order valence-corrected chi connectivity index (χ3v) is 2.85. The minimum Gasteiger partial charge on any atom is -0.327 e. The van der Waals surface area contributed by atoms with E-state index in [9.17, 15) is 8.78 Å². The van der Waals surface area contributed by atoms with E-state index in [-0.39, 0.29) is 11.5 Å². The fourth-order valence-corrected chi connectivity index (χ4v) is 1.66. The summed E-state index contributed by atoms with van der Waals surface area (Å²) in [5.41, 5.74) is 5.93. The van der Waals surface area contributed by atoms with Gasteiger partial charge in [-0.15, -0.1) is 0 Å². The van der Waals surface area contributed by atoms with E-state index in [1.54, 1.807) is 0 Å². The van der Waals surface area contributed by atoms with Gasteiger partial charge in [-0.2, -0.15) is 0 Å². The molecule has 2 atom stereocenters. The minimum absolute atomic E-state index is 0.00691. The normalized spacial score (nSPS) is 31.8. The number of nitrogens with two attached hydrogens (primary N) is 1. The second-order valence-electron chi connectivity index (χ2n) is 3.85. The average Bonchev–Trinajstić information content (AvgIpc) is 2.59. The maximum Gasteiger partial charge on any atom is 0.129 e. The van der Waals surface area contributed by atoms with Crippen LogP contribution >= 0.6 is 0 Å². The van der Waals surface area contributed by atoms with Crippen LogP contribution in [0.15, 0.2) is 18.2 Å². The molecule has 1 aliphatic rings. The third kappa shape index (κ3) is 1.23. The SMILES string of the molecule is C[C@@]1(c2ccc(F)cc2F)C[C@H]1N. The summed E-state index contributed by atoms with van der Waals surface area (Å²) in [6.07, 6.45) is 0.773. The van der Waals surface area contributed by atoms with E-state index in [1.165, 1.54) is 12.1 Å². The van der Waals surface area contributed by atoms with Gasteiger partial charge >= 0.3 is 0 Å². The smallest absolute Gasteiger partial charge is 0.129 e. The lowest BCUT2D eigenvalue weighted by atomic mass is 9.97. The number of halogens is 2. The number of hydrogen-bond acceptors (Lipinski definition) is 1. The summed E-state index contributed by atoms with van der Waals surface area (Å²) in [6, 6.07) is 3.67. The first-order chi connectivity index (χ1) is 6.04. The fraction of sp³-hybridized carbons (Fsp3) is 0.400. The van der Waals surface area contributed by atoms with E-state index in [0.717, 1.165) is 12.5 Å². The van der Waals surface area contributed by atoms with Gasteiger partial charge in [-0.05, 0) is 18.1 Å². The highest BCUT2D eigenvalue weighted by molar-refractivity contribution is 5.35. The van der Waals surface area contributed by atoms with Crippen molar-refractivity contribution in [1.82, 2.24) is 0 Å². The lowest BCUT2D eigenvalue weighted by Gasteiger charge is -2.10. The van der Waals surface area contributed by atoms with Gasteiger partial charge < -0.3 is 5.73 Å². The van der Waals surface area contributed by atoms with Crippen molar-refractivity contribution in [2.24, 2.45) is 5.73 Å². The molecule has 2 N–H and O–H groups in total. The van der Waals surface area contributed by atoms with Gasteiger partial charge in [0.2, 0.25) is 0 Å². The molecule has 0 heterocycles. The van der Waals surface area contributed by atoms with Crippen LogP contribution in [0.1, 0.15) is 18.9 Å². The van der Waals surface area contributed by atoms with Crippen molar-refractivity contribution in [2.75, 3.05) is 0 Å². The highest BCUT2D eigenvalue weighted by atomic mass is 19.1. The molecular formula is C10H11F2N. The average molecular weight is 183 g/mol. The summed E-state index contributed by atoms with van der Waals surface area (Å²) in [7, 11) is 0. The van der Waals surface area contributed by atoms with Crippen molar-refractivity contribution in [2.45, 2.75) is 24.8 Å². The van der Waals surface area contributed by atoms with Crippen molar-refractivity contribution in [1.29, 1.82) is 0 Å². The first-order valence-corrected chi connectivity index (χ1v) is 4.25. The summed E-state index contributed by atoms with van der Waals surface area (Å²) in [5, 5.41) is 0. The lowest BCUT2D eigenvalue weighted by Crippen LogP contribution is -2.16. The maximum absolute atomic E-state index is 13.3. The topological polar surface area (TPSA) is 26.0 Å². The van der Waals surface area contributed by atoms with Gasteiger partial charge in [-0.3, -0.25) is 0 Å². The van der Waals surface area contributed by atoms with Gasteiger partial charge in [0.25, 0.3) is 0 Å². The molecule has 0 aliphatic heterocycles. The number of hydrogen-bond donors (Lipinski definition) is 1. The van der Waals surface area contributed by atoms with E-state index in [1.807, 2.05) is 6.92 Å². The Morgan fingerprint density at radius 3 is 2.54 bits per heavy atom. The molecule has 13 heavy (non-hydrogen) atoms. The van der Waals surface area contributed by atoms with Crippen molar-refractivity contribution in [3.8, 4) is 0 Å². The molecule has 1 saturated carbocycles. The van der Waals surface area contributed by atoms with Crippen molar-refractivity contribution in [3.63, 3.8) is 0 Å². The van der Waals surface area contributed by atoms with Crippen LogP contribution in [0, 0.1) is 11.6 Å². The van der Waals surface area contributed by atoms with Gasteiger partial charge in [-0.25, -0.2) is 8.78 Å². The summed E-state index contributed by atoms with van der Waals surface area (Å²) in [6.45, 7) is 1.90. The summed E-state index contributed by atoms with van der Waals surface area (Å²) >= 11 is 0. The van der Waals surface area contributed by atoms with Crippen LogP contribution < -0.4 is 5.73 Å². The third-order valence-electron chi connectivity index (χ3n) is 2.85. The zero-order chi connectivity index (χ0) is 9.64. The Balaban J connectivity index is 2.42. The summed E-state index contributed by atoms with van der Waals surface area (Å²) in [5.74, 6) is -1.03. The monoisotopic (exact) mass is 183 g/mol. The predicted molar refractivity (Wildman–Crippen MR) is 46.3 cm³/mol. The standard InChI is InChI=1S/C10H11F2N/c1-10(5-9(10)13)7-3-2-6(11)4-8(7)12/h2-4,9H,5,13H2,1H3/t9-,10+/m1/s1. The fourth-order valence-electron chi connectivity index (χ4n) is 1.66. The Morgan fingerprint density at radius 1 is 1.46 bits per heavy atom. The first kappa shape index (κ1) is 8.63. The quantitative estimate of drug-likeness (QED) is 0.707. The molecule has 0 aromatic heterocycles. The first-order valence-electron chi connectivity index (χ1n) is 4.25. The Hall–Kier alpha value is -0.960. The van der Waals surface area contributed by atoms with E-state index < -0.39 is 11.6 Å². The Kier molecular flexibility index (Phi) is 1.67. The van der Waals surface area contributed by atoms with Crippen molar-refractivity contribution >= 4 is 0 Å². The molecule has 70 valence electrons. The van der Waals surface area contributed by atoms with E-state index >= 15 is 0 Å². The molecule has 1 aromatic rings. The molecule has 0 unspecified atom stereocenters. The van der Waals surface area contributed by atoms with Crippen LogP contribution in [0.5, 0.6) is 0 Å². The predicted octanol–water partition coefficient (Wildman–Crippen LogP) is 1.95. The van der Waals surface area contributed by atoms with Crippen LogP contribution in [-0.4, -0.2) is 6.04 Å². The maximum atomic E-state index is 13.3. The lowest BCUT2D eigenvalue weighted by molar-refractivity contribution is 0.553.